The summed E-state index contributed by atoms with van der Waals surface area (Å²) in [6.45, 7) is 10.3. The monoisotopic (exact) mass is 593 g/mol. The number of ether oxygens (including phenoxy) is 1. The van der Waals surface area contributed by atoms with Gasteiger partial charge in [0.05, 0.1) is 17.2 Å². The lowest BCUT2D eigenvalue weighted by Gasteiger charge is -2.33. The van der Waals surface area contributed by atoms with Crippen molar-refractivity contribution in [3.05, 3.63) is 89.5 Å². The Labute approximate surface area is 250 Å². The van der Waals surface area contributed by atoms with E-state index >= 15 is 0 Å². The third-order valence-corrected chi connectivity index (χ3v) is 8.93. The number of carbonyl (C=O) groups excluding carboxylic acids is 2. The van der Waals surface area contributed by atoms with Crippen molar-refractivity contribution in [2.75, 3.05) is 24.0 Å². The average molecular weight is 594 g/mol. The van der Waals surface area contributed by atoms with E-state index in [-0.39, 0.29) is 17.3 Å². The van der Waals surface area contributed by atoms with Gasteiger partial charge in [0.2, 0.25) is 11.8 Å². The fraction of sp³-hybridized carbons (Fsp3) is 0.394. The Kier molecular flexibility index (Phi) is 12.0. The summed E-state index contributed by atoms with van der Waals surface area (Å²) in [5.41, 5.74) is 3.19. The second kappa shape index (κ2) is 15.4. The van der Waals surface area contributed by atoms with Crippen molar-refractivity contribution >= 4 is 27.5 Å². The molecule has 2 amide bonds. The molecule has 42 heavy (non-hydrogen) atoms. The lowest BCUT2D eigenvalue weighted by Crippen LogP contribution is -2.52. The molecule has 9 heteroatoms. The number of carbonyl (C=O) groups is 2. The molecule has 0 spiro atoms. The molecule has 0 aliphatic carbocycles. The Morgan fingerprint density at radius 2 is 1.57 bits per heavy atom. The van der Waals surface area contributed by atoms with Crippen LogP contribution in [0.4, 0.5) is 5.69 Å². The highest BCUT2D eigenvalue weighted by Crippen LogP contribution is 2.27. The predicted octanol–water partition coefficient (Wildman–Crippen LogP) is 5.62. The van der Waals surface area contributed by atoms with Gasteiger partial charge in [-0.05, 0) is 81.1 Å². The van der Waals surface area contributed by atoms with Gasteiger partial charge in [0.1, 0.15) is 18.3 Å². The van der Waals surface area contributed by atoms with Gasteiger partial charge in [-0.15, -0.1) is 0 Å². The van der Waals surface area contributed by atoms with Gasteiger partial charge in [-0.1, -0.05) is 62.2 Å². The molecule has 0 radical (unpaired) electrons. The molecule has 1 N–H and O–H groups in total. The van der Waals surface area contributed by atoms with Gasteiger partial charge in [0, 0.05) is 13.1 Å². The van der Waals surface area contributed by atoms with Gasteiger partial charge in [0.15, 0.2) is 0 Å². The molecule has 3 aromatic rings. The molecular weight excluding hydrogens is 550 g/mol. The zero-order valence-electron chi connectivity index (χ0n) is 25.3. The Morgan fingerprint density at radius 1 is 0.905 bits per heavy atom. The smallest absolute Gasteiger partial charge is 0.264 e. The van der Waals surface area contributed by atoms with Crippen LogP contribution in [0.5, 0.6) is 5.75 Å². The molecule has 0 bridgehead atoms. The Balaban J connectivity index is 2.03. The van der Waals surface area contributed by atoms with E-state index in [9.17, 15) is 18.0 Å². The summed E-state index contributed by atoms with van der Waals surface area (Å²) in [4.78, 5) is 29.0. The summed E-state index contributed by atoms with van der Waals surface area (Å²) in [7, 11) is -4.15. The number of nitrogens with zero attached hydrogens (tertiary/aromatic N) is 2. The number of benzene rings is 3. The number of hydrogen-bond donors (Lipinski definition) is 1. The number of nitrogens with one attached hydrogen (secondary N) is 1. The number of hydrogen-bond acceptors (Lipinski definition) is 5. The van der Waals surface area contributed by atoms with Crippen LogP contribution in [-0.4, -0.2) is 50.9 Å². The van der Waals surface area contributed by atoms with E-state index in [1.807, 2.05) is 71.0 Å². The third-order valence-electron chi connectivity index (χ3n) is 7.14. The first kappa shape index (κ1) is 32.7. The minimum atomic E-state index is -4.15. The fourth-order valence-corrected chi connectivity index (χ4v) is 6.05. The van der Waals surface area contributed by atoms with Crippen LogP contribution < -0.4 is 14.4 Å². The summed E-state index contributed by atoms with van der Waals surface area (Å²) in [5, 5.41) is 2.96. The van der Waals surface area contributed by atoms with Crippen molar-refractivity contribution < 1.29 is 22.7 Å². The van der Waals surface area contributed by atoms with E-state index in [2.05, 4.69) is 5.32 Å². The minimum absolute atomic E-state index is 0.0362. The molecule has 8 nitrogen and oxygen atoms in total. The number of amides is 2. The largest absolute Gasteiger partial charge is 0.494 e. The second-order valence-electron chi connectivity index (χ2n) is 10.3. The van der Waals surface area contributed by atoms with Gasteiger partial charge in [-0.2, -0.15) is 0 Å². The zero-order chi connectivity index (χ0) is 30.7. The van der Waals surface area contributed by atoms with Crippen molar-refractivity contribution in [3.63, 3.8) is 0 Å². The molecule has 0 aliphatic rings. The van der Waals surface area contributed by atoms with E-state index in [0.717, 1.165) is 33.8 Å². The van der Waals surface area contributed by atoms with Crippen LogP contribution in [0.1, 0.15) is 56.7 Å². The van der Waals surface area contributed by atoms with E-state index < -0.39 is 28.5 Å². The quantitative estimate of drug-likeness (QED) is 0.231. The van der Waals surface area contributed by atoms with Gasteiger partial charge in [-0.3, -0.25) is 13.9 Å². The average Bonchev–Trinajstić information content (AvgIpc) is 2.97. The highest BCUT2D eigenvalue weighted by molar-refractivity contribution is 7.92. The molecular formula is C33H43N3O5S. The maximum atomic E-state index is 14.2. The lowest BCUT2D eigenvalue weighted by atomic mass is 10.1. The van der Waals surface area contributed by atoms with E-state index in [1.54, 1.807) is 24.3 Å². The number of sulfonamides is 1. The summed E-state index contributed by atoms with van der Waals surface area (Å²) in [6, 6.07) is 20.1. The molecule has 0 aliphatic heterocycles. The summed E-state index contributed by atoms with van der Waals surface area (Å²) in [6.07, 6.45) is 2.14. The topological polar surface area (TPSA) is 96.0 Å². The van der Waals surface area contributed by atoms with Crippen LogP contribution in [0.2, 0.25) is 0 Å². The maximum absolute atomic E-state index is 14.2. The Morgan fingerprint density at radius 3 is 2.17 bits per heavy atom. The molecule has 0 saturated carbocycles. The van der Waals surface area contributed by atoms with E-state index in [4.69, 9.17) is 4.74 Å². The van der Waals surface area contributed by atoms with Crippen LogP contribution in [0, 0.1) is 13.8 Å². The molecule has 0 unspecified atom stereocenters. The summed E-state index contributed by atoms with van der Waals surface area (Å²) < 4.78 is 34.7. The summed E-state index contributed by atoms with van der Waals surface area (Å²) >= 11 is 0. The van der Waals surface area contributed by atoms with Gasteiger partial charge in [0.25, 0.3) is 10.0 Å². The van der Waals surface area contributed by atoms with Crippen molar-refractivity contribution in [1.29, 1.82) is 0 Å². The molecule has 0 aromatic heterocycles. The number of rotatable bonds is 15. The molecule has 0 heterocycles. The summed E-state index contributed by atoms with van der Waals surface area (Å²) in [5.74, 6) is -0.159. The van der Waals surface area contributed by atoms with Crippen LogP contribution in [0.15, 0.2) is 77.7 Å². The van der Waals surface area contributed by atoms with Crippen LogP contribution in [0.3, 0.4) is 0 Å². The highest BCUT2D eigenvalue weighted by Gasteiger charge is 2.33. The SMILES string of the molecule is CCCCNC(=O)[C@@H](CC)N(Cc1ccccc1C)C(=O)CN(c1ccc(C)cc1)S(=O)(=O)c1ccc(OCC)cc1. The molecule has 1 atom stereocenters. The first-order chi connectivity index (χ1) is 20.1. The number of unbranched alkanes of at least 4 members (excludes halogenated alkanes) is 1. The first-order valence-corrected chi connectivity index (χ1v) is 16.0. The molecule has 3 aromatic carbocycles. The van der Waals surface area contributed by atoms with Crippen LogP contribution >= 0.6 is 0 Å². The second-order valence-corrected chi connectivity index (χ2v) is 12.1. The minimum Gasteiger partial charge on any atom is -0.494 e. The highest BCUT2D eigenvalue weighted by atomic mass is 32.2. The number of aryl methyl sites for hydroxylation is 2. The van der Waals surface area contributed by atoms with Crippen molar-refractivity contribution in [2.45, 2.75) is 71.4 Å². The fourth-order valence-electron chi connectivity index (χ4n) is 4.64. The molecule has 3 rings (SSSR count). The van der Waals surface area contributed by atoms with Crippen molar-refractivity contribution in [2.24, 2.45) is 0 Å². The van der Waals surface area contributed by atoms with Gasteiger partial charge < -0.3 is 15.0 Å². The molecule has 226 valence electrons. The van der Waals surface area contributed by atoms with Gasteiger partial charge in [-0.25, -0.2) is 8.42 Å². The number of anilines is 1. The molecule has 0 fully saturated rings. The zero-order valence-corrected chi connectivity index (χ0v) is 26.1. The lowest BCUT2D eigenvalue weighted by molar-refractivity contribution is -0.140. The van der Waals surface area contributed by atoms with E-state index in [0.29, 0.717) is 31.0 Å². The maximum Gasteiger partial charge on any atom is 0.264 e. The van der Waals surface area contributed by atoms with Crippen LogP contribution in [-0.2, 0) is 26.2 Å². The Bertz CT molecular complexity index is 1420. The van der Waals surface area contributed by atoms with Crippen molar-refractivity contribution in [1.82, 2.24) is 10.2 Å². The van der Waals surface area contributed by atoms with Gasteiger partial charge >= 0.3 is 0 Å². The Hall–Kier alpha value is -3.85. The normalized spacial score (nSPS) is 11.9. The molecule has 0 saturated heterocycles. The standard InChI is InChI=1S/C33H43N3O5S/c1-6-9-22-34-33(38)31(7-2)35(23-27-13-11-10-12-26(27)5)32(37)24-36(28-16-14-25(4)15-17-28)42(39,40)30-20-18-29(19-21-30)41-8-3/h10-21,31H,6-9,22-24H2,1-5H3,(H,34,38)/t31-/m1/s1. The van der Waals surface area contributed by atoms with Crippen molar-refractivity contribution in [3.8, 4) is 5.75 Å². The predicted molar refractivity (Wildman–Crippen MR) is 167 cm³/mol. The van der Waals surface area contributed by atoms with E-state index in [1.165, 1.54) is 17.0 Å². The van der Waals surface area contributed by atoms with Crippen LogP contribution in [0.25, 0.3) is 0 Å². The third kappa shape index (κ3) is 8.35. The first-order valence-electron chi connectivity index (χ1n) is 14.6.